The van der Waals surface area contributed by atoms with Gasteiger partial charge in [-0.15, -0.1) is 11.8 Å². The van der Waals surface area contributed by atoms with Crippen molar-refractivity contribution in [3.05, 3.63) is 76.7 Å². The summed E-state index contributed by atoms with van der Waals surface area (Å²) in [6, 6.07) is 14.3. The smallest absolute Gasteiger partial charge is 0.240 e. The van der Waals surface area contributed by atoms with Crippen molar-refractivity contribution in [1.29, 1.82) is 0 Å². The highest BCUT2D eigenvalue weighted by molar-refractivity contribution is 8.00. The average Bonchev–Trinajstić information content (AvgIpc) is 3.16. The Morgan fingerprint density at radius 1 is 1.19 bits per heavy atom. The van der Waals surface area contributed by atoms with E-state index in [-0.39, 0.29) is 40.6 Å². The maximum atomic E-state index is 13.8. The number of rotatable bonds is 6. The van der Waals surface area contributed by atoms with Crippen molar-refractivity contribution >= 4 is 29.4 Å². The summed E-state index contributed by atoms with van der Waals surface area (Å²) in [5, 5.41) is 7.74. The molecular weight excluding hydrogens is 475 g/mol. The molecule has 2 heterocycles. The average molecular weight is 509 g/mol. The van der Waals surface area contributed by atoms with E-state index in [0.717, 1.165) is 28.8 Å². The molecule has 0 bridgehead atoms. The lowest BCUT2D eigenvalue weighted by Crippen LogP contribution is -2.42. The number of fused-ring (bicyclic) bond motifs is 1. The van der Waals surface area contributed by atoms with E-state index in [9.17, 15) is 14.0 Å². The number of aromatic nitrogens is 2. The predicted octanol–water partition coefficient (Wildman–Crippen LogP) is 5.31. The highest BCUT2D eigenvalue weighted by atomic mass is 32.2. The van der Waals surface area contributed by atoms with Crippen LogP contribution in [-0.2, 0) is 15.0 Å². The predicted molar refractivity (Wildman–Crippen MR) is 143 cm³/mol. The molecule has 36 heavy (non-hydrogen) atoms. The van der Waals surface area contributed by atoms with Crippen molar-refractivity contribution in [2.45, 2.75) is 51.7 Å². The van der Waals surface area contributed by atoms with Gasteiger partial charge in [0, 0.05) is 17.5 Å². The molecule has 3 aromatic rings. The summed E-state index contributed by atoms with van der Waals surface area (Å²) >= 11 is 1.55. The molecule has 1 atom stereocenters. The number of nitrogens with one attached hydrogen (secondary N) is 1. The first-order valence-corrected chi connectivity index (χ1v) is 13.3. The van der Waals surface area contributed by atoms with Gasteiger partial charge in [0.2, 0.25) is 11.8 Å². The molecule has 0 fully saturated rings. The maximum absolute atomic E-state index is 13.8. The summed E-state index contributed by atoms with van der Waals surface area (Å²) in [5.41, 5.74) is 4.25. The number of benzene rings is 2. The van der Waals surface area contributed by atoms with E-state index >= 15 is 0 Å². The van der Waals surface area contributed by atoms with Gasteiger partial charge in [-0.2, -0.15) is 5.10 Å². The molecule has 0 radical (unpaired) electrons. The Bertz CT molecular complexity index is 1260. The van der Waals surface area contributed by atoms with Gasteiger partial charge in [0.05, 0.1) is 22.4 Å². The molecule has 2 amide bonds. The van der Waals surface area contributed by atoms with Gasteiger partial charge in [0.25, 0.3) is 0 Å². The molecule has 0 saturated carbocycles. The Morgan fingerprint density at radius 2 is 1.92 bits per heavy atom. The second-order valence-corrected chi connectivity index (χ2v) is 11.3. The standard InChI is InChI=1S/C28H33FN4O2S/c1-6-14-30-22(34)16-32-23(35)17-36-25(19-9-7-8-18(2)15-19)24-26(28(3,4)5)31-33(27(24)32)21-12-10-20(29)11-13-21/h7-13,15,25H,6,14,16-17H2,1-5H3,(H,30,34)/t25-/m0/s1. The fraction of sp³-hybridized carbons (Fsp3) is 0.393. The summed E-state index contributed by atoms with van der Waals surface area (Å²) in [4.78, 5) is 27.9. The van der Waals surface area contributed by atoms with Crippen molar-refractivity contribution in [2.24, 2.45) is 0 Å². The zero-order valence-electron chi connectivity index (χ0n) is 21.5. The number of nitrogens with zero attached hydrogens (tertiary/aromatic N) is 3. The SMILES string of the molecule is CCCNC(=O)CN1C(=O)CS[C@@H](c2cccc(C)c2)c2c(C(C)(C)C)nn(-c3ccc(F)cc3)c21. The lowest BCUT2D eigenvalue weighted by atomic mass is 9.87. The van der Waals surface area contributed by atoms with Crippen LogP contribution in [0.4, 0.5) is 10.2 Å². The number of halogens is 1. The van der Waals surface area contributed by atoms with Crippen LogP contribution in [0.2, 0.25) is 0 Å². The van der Waals surface area contributed by atoms with Gasteiger partial charge in [-0.25, -0.2) is 9.07 Å². The van der Waals surface area contributed by atoms with Crippen LogP contribution in [0, 0.1) is 12.7 Å². The Kier molecular flexibility index (Phi) is 7.54. The number of carbonyl (C=O) groups excluding carboxylic acids is 2. The lowest BCUT2D eigenvalue weighted by molar-refractivity contribution is -0.122. The topological polar surface area (TPSA) is 67.2 Å². The van der Waals surface area contributed by atoms with E-state index in [1.54, 1.807) is 33.5 Å². The van der Waals surface area contributed by atoms with Crippen LogP contribution in [0.5, 0.6) is 0 Å². The fourth-order valence-electron chi connectivity index (χ4n) is 4.40. The van der Waals surface area contributed by atoms with E-state index in [0.29, 0.717) is 18.1 Å². The molecule has 0 unspecified atom stereocenters. The molecule has 2 aromatic carbocycles. The number of hydrogen-bond acceptors (Lipinski definition) is 4. The first-order valence-electron chi connectivity index (χ1n) is 12.2. The fourth-order valence-corrected chi connectivity index (χ4v) is 5.58. The number of carbonyl (C=O) groups is 2. The third-order valence-corrected chi connectivity index (χ3v) is 7.34. The summed E-state index contributed by atoms with van der Waals surface area (Å²) in [6.07, 6.45) is 0.803. The van der Waals surface area contributed by atoms with Crippen LogP contribution in [0.25, 0.3) is 5.69 Å². The first-order chi connectivity index (χ1) is 17.1. The second-order valence-electron chi connectivity index (χ2n) is 10.2. The molecule has 6 nitrogen and oxygen atoms in total. The summed E-state index contributed by atoms with van der Waals surface area (Å²) in [5.74, 6) is 0.0559. The maximum Gasteiger partial charge on any atom is 0.240 e. The van der Waals surface area contributed by atoms with Gasteiger partial charge in [0.1, 0.15) is 18.2 Å². The summed E-state index contributed by atoms with van der Waals surface area (Å²) in [6.45, 7) is 10.7. The molecule has 8 heteroatoms. The number of thioether (sulfide) groups is 1. The van der Waals surface area contributed by atoms with Gasteiger partial charge in [-0.05, 0) is 43.2 Å². The van der Waals surface area contributed by atoms with E-state index in [1.165, 1.54) is 12.1 Å². The highest BCUT2D eigenvalue weighted by Gasteiger charge is 2.39. The van der Waals surface area contributed by atoms with Crippen LogP contribution in [0.1, 0.15) is 61.7 Å². The Hall–Kier alpha value is -3.13. The van der Waals surface area contributed by atoms with Gasteiger partial charge in [0.15, 0.2) is 0 Å². The van der Waals surface area contributed by atoms with Gasteiger partial charge < -0.3 is 5.32 Å². The molecule has 1 aromatic heterocycles. The normalized spacial score (nSPS) is 16.0. The third-order valence-electron chi connectivity index (χ3n) is 6.09. The first kappa shape index (κ1) is 25.9. The molecule has 1 N–H and O–H groups in total. The molecular formula is C28H33FN4O2S. The Morgan fingerprint density at radius 3 is 2.56 bits per heavy atom. The van der Waals surface area contributed by atoms with Crippen molar-refractivity contribution in [2.75, 3.05) is 23.7 Å². The minimum atomic E-state index is -0.354. The van der Waals surface area contributed by atoms with Crippen LogP contribution in [0.3, 0.4) is 0 Å². The minimum absolute atomic E-state index is 0.108. The van der Waals surface area contributed by atoms with Crippen molar-refractivity contribution in [3.63, 3.8) is 0 Å². The molecule has 190 valence electrons. The lowest BCUT2D eigenvalue weighted by Gasteiger charge is -2.24. The molecule has 4 rings (SSSR count). The largest absolute Gasteiger partial charge is 0.355 e. The van der Waals surface area contributed by atoms with E-state index < -0.39 is 0 Å². The van der Waals surface area contributed by atoms with Crippen LogP contribution in [-0.4, -0.2) is 40.4 Å². The quantitative estimate of drug-likeness (QED) is 0.490. The molecule has 0 aliphatic carbocycles. The van der Waals surface area contributed by atoms with Crippen molar-refractivity contribution < 1.29 is 14.0 Å². The number of amides is 2. The van der Waals surface area contributed by atoms with Crippen LogP contribution in [0.15, 0.2) is 48.5 Å². The Balaban J connectivity index is 1.99. The zero-order valence-corrected chi connectivity index (χ0v) is 22.3. The van der Waals surface area contributed by atoms with Crippen molar-refractivity contribution in [3.8, 4) is 5.69 Å². The minimum Gasteiger partial charge on any atom is -0.355 e. The second kappa shape index (κ2) is 10.5. The summed E-state index contributed by atoms with van der Waals surface area (Å²) < 4.78 is 15.5. The Labute approximate surface area is 216 Å². The third kappa shape index (κ3) is 5.33. The van der Waals surface area contributed by atoms with E-state index in [4.69, 9.17) is 5.10 Å². The van der Waals surface area contributed by atoms with Gasteiger partial charge in [-0.3, -0.25) is 14.5 Å². The van der Waals surface area contributed by atoms with Crippen LogP contribution >= 0.6 is 11.8 Å². The number of anilines is 1. The molecule has 0 spiro atoms. The van der Waals surface area contributed by atoms with Crippen molar-refractivity contribution in [1.82, 2.24) is 15.1 Å². The number of hydrogen-bond donors (Lipinski definition) is 1. The van der Waals surface area contributed by atoms with Gasteiger partial charge >= 0.3 is 0 Å². The van der Waals surface area contributed by atoms with Crippen LogP contribution < -0.4 is 10.2 Å². The van der Waals surface area contributed by atoms with E-state index in [1.807, 2.05) is 26.0 Å². The molecule has 0 saturated heterocycles. The zero-order chi connectivity index (χ0) is 26.0. The van der Waals surface area contributed by atoms with E-state index in [2.05, 4.69) is 38.2 Å². The monoisotopic (exact) mass is 508 g/mol. The van der Waals surface area contributed by atoms with Gasteiger partial charge in [-0.1, -0.05) is 57.5 Å². The molecule has 1 aliphatic rings. The highest BCUT2D eigenvalue weighted by Crippen LogP contribution is 2.48. The summed E-state index contributed by atoms with van der Waals surface area (Å²) in [7, 11) is 0. The number of aryl methyl sites for hydroxylation is 1. The molecule has 1 aliphatic heterocycles.